The summed E-state index contributed by atoms with van der Waals surface area (Å²) in [6.07, 6.45) is -4.44. The highest BCUT2D eigenvalue weighted by molar-refractivity contribution is 14.1. The van der Waals surface area contributed by atoms with Crippen molar-refractivity contribution in [3.05, 3.63) is 63.2 Å². The minimum Gasteiger partial charge on any atom is -0.308 e. The maximum atomic E-state index is 12.4. The molecule has 23 heavy (non-hydrogen) atoms. The number of urea groups is 1. The van der Waals surface area contributed by atoms with E-state index >= 15 is 0 Å². The fourth-order valence-electron chi connectivity index (χ4n) is 1.72. The molecule has 0 saturated heterocycles. The van der Waals surface area contributed by atoms with E-state index in [-0.39, 0.29) is 5.69 Å². The fraction of sp³-hybridized carbons (Fsp3) is 0.0667. The van der Waals surface area contributed by atoms with E-state index in [0.717, 1.165) is 24.3 Å². The normalized spacial score (nSPS) is 11.0. The highest BCUT2D eigenvalue weighted by Gasteiger charge is 2.30. The van der Waals surface area contributed by atoms with Crippen LogP contribution in [0.2, 0.25) is 0 Å². The number of amides is 3. The van der Waals surface area contributed by atoms with E-state index in [0.29, 0.717) is 9.13 Å². The second kappa shape index (κ2) is 6.99. The first-order valence-corrected chi connectivity index (χ1v) is 7.39. The summed E-state index contributed by atoms with van der Waals surface area (Å²) in [5, 5.41) is 4.41. The lowest BCUT2D eigenvalue weighted by Crippen LogP contribution is -2.34. The number of hydrogen-bond donors (Lipinski definition) is 2. The van der Waals surface area contributed by atoms with Crippen LogP contribution in [0, 0.1) is 3.57 Å². The van der Waals surface area contributed by atoms with Gasteiger partial charge in [-0.3, -0.25) is 10.1 Å². The molecular formula is C15H10F3IN2O2. The Balaban J connectivity index is 2.00. The molecule has 8 heteroatoms. The van der Waals surface area contributed by atoms with E-state index in [1.54, 1.807) is 24.3 Å². The van der Waals surface area contributed by atoms with Crippen LogP contribution in [0.1, 0.15) is 15.9 Å². The Morgan fingerprint density at radius 1 is 0.957 bits per heavy atom. The summed E-state index contributed by atoms with van der Waals surface area (Å²) >= 11 is 1.96. The second-order valence-electron chi connectivity index (χ2n) is 4.46. The molecule has 0 aliphatic carbocycles. The maximum Gasteiger partial charge on any atom is 0.416 e. The lowest BCUT2D eigenvalue weighted by Gasteiger charge is -2.09. The summed E-state index contributed by atoms with van der Waals surface area (Å²) < 4.78 is 38.0. The number of carbonyl (C=O) groups is 2. The first-order valence-electron chi connectivity index (χ1n) is 6.31. The smallest absolute Gasteiger partial charge is 0.308 e. The largest absolute Gasteiger partial charge is 0.416 e. The van der Waals surface area contributed by atoms with Crippen molar-refractivity contribution in [3.8, 4) is 0 Å². The summed E-state index contributed by atoms with van der Waals surface area (Å²) in [6, 6.07) is 9.76. The van der Waals surface area contributed by atoms with E-state index in [1.165, 1.54) is 0 Å². The zero-order valence-electron chi connectivity index (χ0n) is 11.4. The summed E-state index contributed by atoms with van der Waals surface area (Å²) in [6.45, 7) is 0. The standard InChI is InChI=1S/C15H10F3IN2O2/c16-15(17,18)9-5-7-10(8-6-9)20-14(23)21-13(22)11-3-1-2-4-12(11)19/h1-8H,(H2,20,21,22,23). The minimum atomic E-state index is -4.44. The lowest BCUT2D eigenvalue weighted by molar-refractivity contribution is -0.137. The van der Waals surface area contributed by atoms with Crippen LogP contribution in [0.15, 0.2) is 48.5 Å². The molecule has 2 N–H and O–H groups in total. The predicted octanol–water partition coefficient (Wildman–Crippen LogP) is 4.27. The van der Waals surface area contributed by atoms with Crippen LogP contribution in [0.25, 0.3) is 0 Å². The molecular weight excluding hydrogens is 424 g/mol. The van der Waals surface area contributed by atoms with Gasteiger partial charge >= 0.3 is 12.2 Å². The molecule has 0 unspecified atom stereocenters. The molecule has 4 nitrogen and oxygen atoms in total. The van der Waals surface area contributed by atoms with Gasteiger partial charge in [-0.2, -0.15) is 13.2 Å². The van der Waals surface area contributed by atoms with Gasteiger partial charge in [0.2, 0.25) is 0 Å². The van der Waals surface area contributed by atoms with Gasteiger partial charge in [0.25, 0.3) is 5.91 Å². The van der Waals surface area contributed by atoms with E-state index in [2.05, 4.69) is 10.6 Å². The van der Waals surface area contributed by atoms with Crippen molar-refractivity contribution in [2.45, 2.75) is 6.18 Å². The molecule has 120 valence electrons. The van der Waals surface area contributed by atoms with Crippen LogP contribution in [0.3, 0.4) is 0 Å². The average molecular weight is 434 g/mol. The third kappa shape index (κ3) is 4.68. The van der Waals surface area contributed by atoms with E-state index in [9.17, 15) is 22.8 Å². The molecule has 0 radical (unpaired) electrons. The zero-order valence-corrected chi connectivity index (χ0v) is 13.6. The molecule has 2 aromatic rings. The van der Waals surface area contributed by atoms with Crippen LogP contribution in [0.4, 0.5) is 23.7 Å². The van der Waals surface area contributed by atoms with Crippen molar-refractivity contribution < 1.29 is 22.8 Å². The Bertz CT molecular complexity index is 730. The van der Waals surface area contributed by atoms with Gasteiger partial charge < -0.3 is 5.32 Å². The van der Waals surface area contributed by atoms with Crippen molar-refractivity contribution in [2.75, 3.05) is 5.32 Å². The first kappa shape index (κ1) is 17.3. The van der Waals surface area contributed by atoms with Crippen molar-refractivity contribution >= 4 is 40.2 Å². The van der Waals surface area contributed by atoms with Crippen LogP contribution in [0.5, 0.6) is 0 Å². The van der Waals surface area contributed by atoms with Crippen molar-refractivity contribution in [3.63, 3.8) is 0 Å². The number of alkyl halides is 3. The third-order valence-electron chi connectivity index (χ3n) is 2.82. The van der Waals surface area contributed by atoms with Gasteiger partial charge in [-0.15, -0.1) is 0 Å². The van der Waals surface area contributed by atoms with Gasteiger partial charge in [-0.05, 0) is 59.0 Å². The van der Waals surface area contributed by atoms with Crippen LogP contribution < -0.4 is 10.6 Å². The van der Waals surface area contributed by atoms with Crippen LogP contribution >= 0.6 is 22.6 Å². The lowest BCUT2D eigenvalue weighted by atomic mass is 10.2. The number of rotatable bonds is 2. The van der Waals surface area contributed by atoms with Gasteiger partial charge in [0.1, 0.15) is 0 Å². The van der Waals surface area contributed by atoms with E-state index in [1.807, 2.05) is 22.6 Å². The number of carbonyl (C=O) groups excluding carboxylic acids is 2. The molecule has 3 amide bonds. The van der Waals surface area contributed by atoms with Gasteiger partial charge in [0, 0.05) is 9.26 Å². The van der Waals surface area contributed by atoms with Crippen LogP contribution in [-0.4, -0.2) is 11.9 Å². The van der Waals surface area contributed by atoms with Gasteiger partial charge in [0.05, 0.1) is 11.1 Å². The fourth-order valence-corrected chi connectivity index (χ4v) is 2.35. The Morgan fingerprint density at radius 3 is 2.13 bits per heavy atom. The van der Waals surface area contributed by atoms with Crippen molar-refractivity contribution in [1.82, 2.24) is 5.32 Å². The molecule has 0 spiro atoms. The van der Waals surface area contributed by atoms with Crippen LogP contribution in [-0.2, 0) is 6.18 Å². The molecule has 0 aromatic heterocycles. The second-order valence-corrected chi connectivity index (χ2v) is 5.63. The SMILES string of the molecule is O=C(NC(=O)c1ccccc1I)Nc1ccc(C(F)(F)F)cc1. The molecule has 0 heterocycles. The molecule has 2 aromatic carbocycles. The topological polar surface area (TPSA) is 58.2 Å². The maximum absolute atomic E-state index is 12.4. The third-order valence-corrected chi connectivity index (χ3v) is 3.76. The molecule has 0 aliphatic rings. The summed E-state index contributed by atoms with van der Waals surface area (Å²) in [5.74, 6) is -0.598. The number of nitrogens with one attached hydrogen (secondary N) is 2. The van der Waals surface area contributed by atoms with E-state index in [4.69, 9.17) is 0 Å². The Hall–Kier alpha value is -2.10. The summed E-state index contributed by atoms with van der Waals surface area (Å²) in [4.78, 5) is 23.6. The molecule has 2 rings (SSSR count). The highest BCUT2D eigenvalue weighted by atomic mass is 127. The van der Waals surface area contributed by atoms with Gasteiger partial charge in [-0.1, -0.05) is 12.1 Å². The van der Waals surface area contributed by atoms with Crippen molar-refractivity contribution in [2.24, 2.45) is 0 Å². The van der Waals surface area contributed by atoms with Gasteiger partial charge in [-0.25, -0.2) is 4.79 Å². The molecule has 0 fully saturated rings. The Morgan fingerprint density at radius 2 is 1.57 bits per heavy atom. The molecule has 0 atom stereocenters. The Kier molecular flexibility index (Phi) is 5.24. The minimum absolute atomic E-state index is 0.144. The molecule has 0 aliphatic heterocycles. The monoisotopic (exact) mass is 434 g/mol. The van der Waals surface area contributed by atoms with Crippen molar-refractivity contribution in [1.29, 1.82) is 0 Å². The number of imide groups is 1. The highest BCUT2D eigenvalue weighted by Crippen LogP contribution is 2.29. The number of hydrogen-bond acceptors (Lipinski definition) is 2. The molecule has 0 bridgehead atoms. The quantitative estimate of drug-likeness (QED) is 0.694. The zero-order chi connectivity index (χ0) is 17.0. The molecule has 0 saturated carbocycles. The summed E-state index contributed by atoms with van der Waals surface area (Å²) in [7, 11) is 0. The number of halogens is 4. The number of anilines is 1. The Labute approximate surface area is 143 Å². The first-order chi connectivity index (χ1) is 10.8. The average Bonchev–Trinajstić information content (AvgIpc) is 2.47. The summed E-state index contributed by atoms with van der Waals surface area (Å²) in [5.41, 5.74) is -0.347. The van der Waals surface area contributed by atoms with E-state index < -0.39 is 23.7 Å². The predicted molar refractivity (Wildman–Crippen MR) is 87.1 cm³/mol. The number of benzene rings is 2. The van der Waals surface area contributed by atoms with Gasteiger partial charge in [0.15, 0.2) is 0 Å².